The largest absolute Gasteiger partial charge is 0.378 e. The molecular weight excluding hydrogens is 243 g/mol. The first-order chi connectivity index (χ1) is 9.09. The van der Waals surface area contributed by atoms with Crippen molar-refractivity contribution in [3.05, 3.63) is 35.6 Å². The maximum absolute atomic E-state index is 13.8. The summed E-state index contributed by atoms with van der Waals surface area (Å²) >= 11 is 0. The van der Waals surface area contributed by atoms with Crippen LogP contribution in [0, 0.1) is 5.82 Å². The summed E-state index contributed by atoms with van der Waals surface area (Å²) in [5, 5.41) is 6.81. The van der Waals surface area contributed by atoms with E-state index in [2.05, 4.69) is 24.5 Å². The molecule has 19 heavy (non-hydrogen) atoms. The fraction of sp³-hybridized carbons (Fsp3) is 0.600. The average molecular weight is 266 g/mol. The summed E-state index contributed by atoms with van der Waals surface area (Å²) in [5.74, 6) is -0.131. The van der Waals surface area contributed by atoms with Gasteiger partial charge in [-0.25, -0.2) is 4.39 Å². The van der Waals surface area contributed by atoms with Crippen LogP contribution in [0.15, 0.2) is 24.3 Å². The summed E-state index contributed by atoms with van der Waals surface area (Å²) in [6.07, 6.45) is 0. The molecule has 0 amide bonds. The second-order valence-electron chi connectivity index (χ2n) is 5.72. The molecule has 3 nitrogen and oxygen atoms in total. The number of morpholine rings is 1. The van der Waals surface area contributed by atoms with E-state index in [9.17, 15) is 4.39 Å². The molecule has 0 saturated carbocycles. The molecule has 0 bridgehead atoms. The van der Waals surface area contributed by atoms with Crippen molar-refractivity contribution in [2.75, 3.05) is 32.8 Å². The zero-order valence-electron chi connectivity index (χ0n) is 11.7. The second kappa shape index (κ2) is 6.46. The Morgan fingerprint density at radius 2 is 2.21 bits per heavy atom. The molecule has 4 heteroatoms. The monoisotopic (exact) mass is 266 g/mol. The van der Waals surface area contributed by atoms with Crippen LogP contribution < -0.4 is 10.6 Å². The molecule has 1 aliphatic heterocycles. The van der Waals surface area contributed by atoms with Gasteiger partial charge in [-0.2, -0.15) is 0 Å². The molecule has 0 radical (unpaired) electrons. The lowest BCUT2D eigenvalue weighted by Crippen LogP contribution is -2.49. The lowest BCUT2D eigenvalue weighted by Gasteiger charge is -2.29. The Labute approximate surface area is 114 Å². The lowest BCUT2D eigenvalue weighted by atomic mass is 9.84. The van der Waals surface area contributed by atoms with E-state index in [4.69, 9.17) is 4.74 Å². The van der Waals surface area contributed by atoms with Crippen LogP contribution >= 0.6 is 0 Å². The van der Waals surface area contributed by atoms with E-state index in [1.165, 1.54) is 6.07 Å². The molecule has 106 valence electrons. The Balaban J connectivity index is 1.85. The minimum atomic E-state index is -0.221. The van der Waals surface area contributed by atoms with Crippen LogP contribution in [0.2, 0.25) is 0 Å². The first kappa shape index (κ1) is 14.4. The first-order valence-corrected chi connectivity index (χ1v) is 6.86. The van der Waals surface area contributed by atoms with Crippen LogP contribution in [0.1, 0.15) is 19.4 Å². The van der Waals surface area contributed by atoms with Gasteiger partial charge in [-0.3, -0.25) is 0 Å². The van der Waals surface area contributed by atoms with Crippen LogP contribution in [0.3, 0.4) is 0 Å². The number of halogens is 1. The highest BCUT2D eigenvalue weighted by atomic mass is 19.1. The predicted molar refractivity (Wildman–Crippen MR) is 74.9 cm³/mol. The van der Waals surface area contributed by atoms with Gasteiger partial charge in [-0.15, -0.1) is 0 Å². The van der Waals surface area contributed by atoms with Gasteiger partial charge in [-0.05, 0) is 11.6 Å². The highest BCUT2D eigenvalue weighted by Crippen LogP contribution is 2.24. The summed E-state index contributed by atoms with van der Waals surface area (Å²) in [6, 6.07) is 7.35. The number of benzene rings is 1. The molecule has 1 aromatic carbocycles. The highest BCUT2D eigenvalue weighted by molar-refractivity contribution is 5.25. The zero-order chi connectivity index (χ0) is 13.7. The van der Waals surface area contributed by atoms with Crippen molar-refractivity contribution in [2.45, 2.75) is 25.3 Å². The van der Waals surface area contributed by atoms with Gasteiger partial charge in [-0.1, -0.05) is 32.0 Å². The van der Waals surface area contributed by atoms with Crippen molar-refractivity contribution in [1.82, 2.24) is 10.6 Å². The molecule has 1 aliphatic rings. The standard InChI is InChI=1S/C15H23FN2O/c1-15(2,13-5-3-4-6-14(13)16)11-17-9-12-10-19-8-7-18-12/h3-6,12,17-18H,7-11H2,1-2H3. The summed E-state index contributed by atoms with van der Waals surface area (Å²) in [5.41, 5.74) is 0.538. The van der Waals surface area contributed by atoms with E-state index in [1.807, 2.05) is 12.1 Å². The van der Waals surface area contributed by atoms with Crippen molar-refractivity contribution in [3.63, 3.8) is 0 Å². The molecule has 1 atom stereocenters. The molecule has 2 N–H and O–H groups in total. The van der Waals surface area contributed by atoms with Crippen LogP contribution in [0.4, 0.5) is 4.39 Å². The average Bonchev–Trinajstić information content (AvgIpc) is 2.40. The van der Waals surface area contributed by atoms with Crippen LogP contribution in [0.5, 0.6) is 0 Å². The Hall–Kier alpha value is -0.970. The van der Waals surface area contributed by atoms with E-state index >= 15 is 0 Å². The fourth-order valence-electron chi connectivity index (χ4n) is 2.42. The van der Waals surface area contributed by atoms with Crippen molar-refractivity contribution in [1.29, 1.82) is 0 Å². The van der Waals surface area contributed by atoms with Crippen molar-refractivity contribution < 1.29 is 9.13 Å². The van der Waals surface area contributed by atoms with Crippen molar-refractivity contribution in [3.8, 4) is 0 Å². The van der Waals surface area contributed by atoms with Gasteiger partial charge in [0.2, 0.25) is 0 Å². The number of nitrogens with one attached hydrogen (secondary N) is 2. The molecule has 1 aromatic rings. The molecule has 0 aliphatic carbocycles. The van der Waals surface area contributed by atoms with E-state index in [-0.39, 0.29) is 11.2 Å². The summed E-state index contributed by atoms with van der Waals surface area (Å²) in [4.78, 5) is 0. The Morgan fingerprint density at radius 1 is 1.42 bits per heavy atom. The third-order valence-corrected chi connectivity index (χ3v) is 3.56. The third-order valence-electron chi connectivity index (χ3n) is 3.56. The zero-order valence-corrected chi connectivity index (χ0v) is 11.7. The summed E-state index contributed by atoms with van der Waals surface area (Å²) in [6.45, 7) is 8.14. The van der Waals surface area contributed by atoms with Gasteiger partial charge in [0.15, 0.2) is 0 Å². The quantitative estimate of drug-likeness (QED) is 0.851. The van der Waals surface area contributed by atoms with Gasteiger partial charge in [0.25, 0.3) is 0 Å². The van der Waals surface area contributed by atoms with Gasteiger partial charge in [0.1, 0.15) is 5.82 Å². The number of rotatable bonds is 5. The Morgan fingerprint density at radius 3 is 2.89 bits per heavy atom. The Kier molecular flexibility index (Phi) is 4.91. The minimum Gasteiger partial charge on any atom is -0.378 e. The molecule has 1 fully saturated rings. The molecule has 0 spiro atoms. The van der Waals surface area contributed by atoms with Crippen LogP contribution in [0.25, 0.3) is 0 Å². The number of ether oxygens (including phenoxy) is 1. The first-order valence-electron chi connectivity index (χ1n) is 6.86. The molecule has 2 rings (SSSR count). The van der Waals surface area contributed by atoms with Gasteiger partial charge in [0, 0.05) is 31.1 Å². The SMILES string of the molecule is CC(C)(CNCC1COCCN1)c1ccccc1F. The topological polar surface area (TPSA) is 33.3 Å². The molecule has 1 heterocycles. The van der Waals surface area contributed by atoms with Crippen LogP contribution in [-0.2, 0) is 10.2 Å². The Bertz CT molecular complexity index is 403. The molecule has 0 aromatic heterocycles. The van der Waals surface area contributed by atoms with Crippen molar-refractivity contribution in [2.24, 2.45) is 0 Å². The van der Waals surface area contributed by atoms with Crippen molar-refractivity contribution >= 4 is 0 Å². The summed E-state index contributed by atoms with van der Waals surface area (Å²) < 4.78 is 19.2. The van der Waals surface area contributed by atoms with Crippen LogP contribution in [-0.4, -0.2) is 38.9 Å². The maximum Gasteiger partial charge on any atom is 0.126 e. The van der Waals surface area contributed by atoms with E-state index in [1.54, 1.807) is 6.07 Å². The lowest BCUT2D eigenvalue weighted by molar-refractivity contribution is 0.0763. The van der Waals surface area contributed by atoms with E-state index in [0.717, 1.165) is 38.4 Å². The van der Waals surface area contributed by atoms with Gasteiger partial charge >= 0.3 is 0 Å². The highest BCUT2D eigenvalue weighted by Gasteiger charge is 2.24. The smallest absolute Gasteiger partial charge is 0.126 e. The third kappa shape index (κ3) is 4.00. The number of hydrogen-bond donors (Lipinski definition) is 2. The fourth-order valence-corrected chi connectivity index (χ4v) is 2.42. The number of hydrogen-bond acceptors (Lipinski definition) is 3. The minimum absolute atomic E-state index is 0.131. The molecule has 1 saturated heterocycles. The van der Waals surface area contributed by atoms with E-state index < -0.39 is 0 Å². The van der Waals surface area contributed by atoms with E-state index in [0.29, 0.717) is 6.04 Å². The van der Waals surface area contributed by atoms with Gasteiger partial charge in [0.05, 0.1) is 13.2 Å². The normalized spacial score (nSPS) is 20.5. The second-order valence-corrected chi connectivity index (χ2v) is 5.72. The molecule has 1 unspecified atom stereocenters. The van der Waals surface area contributed by atoms with Gasteiger partial charge < -0.3 is 15.4 Å². The predicted octanol–water partition coefficient (Wildman–Crippen LogP) is 1.68. The maximum atomic E-state index is 13.8. The molecular formula is C15H23FN2O. The summed E-state index contributed by atoms with van der Waals surface area (Å²) in [7, 11) is 0.